The molecule has 0 bridgehead atoms. The lowest BCUT2D eigenvalue weighted by Gasteiger charge is -2.07. The fourth-order valence-electron chi connectivity index (χ4n) is 2.20. The zero-order valence-corrected chi connectivity index (χ0v) is 12.3. The summed E-state index contributed by atoms with van der Waals surface area (Å²) >= 11 is 5.07. The van der Waals surface area contributed by atoms with Crippen molar-refractivity contribution >= 4 is 28.2 Å². The van der Waals surface area contributed by atoms with Gasteiger partial charge in [-0.15, -0.1) is 0 Å². The van der Waals surface area contributed by atoms with E-state index in [2.05, 4.69) is 34.7 Å². The van der Waals surface area contributed by atoms with Crippen LogP contribution in [-0.2, 0) is 6.42 Å². The number of hydrogen-bond acceptors (Lipinski definition) is 2. The van der Waals surface area contributed by atoms with Gasteiger partial charge in [0, 0.05) is 30.2 Å². The number of aromatic amines is 1. The fourth-order valence-corrected chi connectivity index (χ4v) is 2.30. The first kappa shape index (κ1) is 13.7. The molecule has 0 saturated heterocycles. The van der Waals surface area contributed by atoms with Gasteiger partial charge in [-0.3, -0.25) is 0 Å². The van der Waals surface area contributed by atoms with Crippen molar-refractivity contribution in [3.05, 3.63) is 29.5 Å². The highest BCUT2D eigenvalue weighted by Gasteiger charge is 2.09. The van der Waals surface area contributed by atoms with Gasteiger partial charge in [-0.1, -0.05) is 0 Å². The molecule has 0 radical (unpaired) electrons. The van der Waals surface area contributed by atoms with Crippen molar-refractivity contribution in [1.82, 2.24) is 15.6 Å². The Labute approximate surface area is 118 Å². The lowest BCUT2D eigenvalue weighted by Crippen LogP contribution is -2.33. The van der Waals surface area contributed by atoms with Gasteiger partial charge < -0.3 is 20.4 Å². The summed E-state index contributed by atoms with van der Waals surface area (Å²) in [6.07, 6.45) is 0.917. The van der Waals surface area contributed by atoms with Crippen molar-refractivity contribution in [3.63, 3.8) is 0 Å². The van der Waals surface area contributed by atoms with E-state index in [0.29, 0.717) is 5.11 Å². The average Bonchev–Trinajstić information content (AvgIpc) is 2.74. The molecule has 0 aliphatic heterocycles. The highest BCUT2D eigenvalue weighted by Crippen LogP contribution is 2.26. The van der Waals surface area contributed by atoms with Gasteiger partial charge in [0.2, 0.25) is 0 Å². The zero-order valence-electron chi connectivity index (χ0n) is 11.5. The molecule has 0 unspecified atom stereocenters. The van der Waals surface area contributed by atoms with E-state index >= 15 is 0 Å². The predicted octanol–water partition coefficient (Wildman–Crippen LogP) is 2.12. The zero-order chi connectivity index (χ0) is 13.8. The molecule has 5 heteroatoms. The van der Waals surface area contributed by atoms with Gasteiger partial charge in [-0.2, -0.15) is 0 Å². The predicted molar refractivity (Wildman–Crippen MR) is 83.0 cm³/mol. The fraction of sp³-hybridized carbons (Fsp3) is 0.357. The Morgan fingerprint density at radius 1 is 1.42 bits per heavy atom. The molecule has 2 aromatic rings. The lowest BCUT2D eigenvalue weighted by molar-refractivity contribution is 0.415. The summed E-state index contributed by atoms with van der Waals surface area (Å²) < 4.78 is 5.29. The van der Waals surface area contributed by atoms with Gasteiger partial charge in [0.15, 0.2) is 5.11 Å². The molecule has 0 amide bonds. The van der Waals surface area contributed by atoms with Crippen LogP contribution in [0.1, 0.15) is 11.3 Å². The Hall–Kier alpha value is -1.75. The van der Waals surface area contributed by atoms with Crippen molar-refractivity contribution in [2.24, 2.45) is 0 Å². The summed E-state index contributed by atoms with van der Waals surface area (Å²) in [5.41, 5.74) is 3.64. The summed E-state index contributed by atoms with van der Waals surface area (Å²) in [5.74, 6) is 0.881. The Morgan fingerprint density at radius 2 is 2.21 bits per heavy atom. The quantitative estimate of drug-likeness (QED) is 0.749. The second-order valence-corrected chi connectivity index (χ2v) is 4.80. The molecule has 0 saturated carbocycles. The maximum atomic E-state index is 5.29. The van der Waals surface area contributed by atoms with Crippen molar-refractivity contribution in [3.8, 4) is 5.75 Å². The first-order chi connectivity index (χ1) is 9.15. The SMILES string of the molecule is CNC(=S)NCCc1c(C)[nH]c2ccc(OC)cc12. The van der Waals surface area contributed by atoms with E-state index in [0.717, 1.165) is 24.2 Å². The van der Waals surface area contributed by atoms with Crippen molar-refractivity contribution in [1.29, 1.82) is 0 Å². The van der Waals surface area contributed by atoms with Gasteiger partial charge in [-0.05, 0) is 49.3 Å². The van der Waals surface area contributed by atoms with Crippen LogP contribution >= 0.6 is 12.2 Å². The molecule has 0 spiro atoms. The number of hydrogen-bond donors (Lipinski definition) is 3. The molecule has 1 heterocycles. The van der Waals surface area contributed by atoms with Crippen molar-refractivity contribution < 1.29 is 4.74 Å². The standard InChI is InChI=1S/C14H19N3OS/c1-9-11(6-7-16-14(19)15-2)12-8-10(18-3)4-5-13(12)17-9/h4-5,8,17H,6-7H2,1-3H3,(H2,15,16,19). The Bertz CT molecular complexity index is 592. The third-order valence-corrected chi connectivity index (χ3v) is 3.56. The topological polar surface area (TPSA) is 49.1 Å². The lowest BCUT2D eigenvalue weighted by atomic mass is 10.1. The third kappa shape index (κ3) is 2.98. The third-order valence-electron chi connectivity index (χ3n) is 3.21. The Balaban J connectivity index is 2.21. The van der Waals surface area contributed by atoms with Gasteiger partial charge in [0.1, 0.15) is 5.75 Å². The highest BCUT2D eigenvalue weighted by atomic mass is 32.1. The number of thiocarbonyl (C=S) groups is 1. The summed E-state index contributed by atoms with van der Waals surface area (Å²) in [5, 5.41) is 7.97. The van der Waals surface area contributed by atoms with E-state index < -0.39 is 0 Å². The van der Waals surface area contributed by atoms with Crippen LogP contribution in [0.15, 0.2) is 18.2 Å². The van der Waals surface area contributed by atoms with Crippen molar-refractivity contribution in [2.75, 3.05) is 20.7 Å². The first-order valence-corrected chi connectivity index (χ1v) is 6.67. The highest BCUT2D eigenvalue weighted by molar-refractivity contribution is 7.80. The molecular weight excluding hydrogens is 258 g/mol. The number of aryl methyl sites for hydroxylation is 1. The van der Waals surface area contributed by atoms with Gasteiger partial charge in [-0.25, -0.2) is 0 Å². The number of aromatic nitrogens is 1. The second kappa shape index (κ2) is 5.93. The molecule has 19 heavy (non-hydrogen) atoms. The van der Waals surface area contributed by atoms with E-state index in [1.165, 1.54) is 16.6 Å². The van der Waals surface area contributed by atoms with E-state index in [4.69, 9.17) is 17.0 Å². The number of fused-ring (bicyclic) bond motifs is 1. The van der Waals surface area contributed by atoms with Gasteiger partial charge in [0.25, 0.3) is 0 Å². The molecule has 1 aromatic carbocycles. The molecular formula is C14H19N3OS. The number of benzene rings is 1. The number of rotatable bonds is 4. The maximum Gasteiger partial charge on any atom is 0.166 e. The molecule has 2 rings (SSSR count). The minimum atomic E-state index is 0.676. The van der Waals surface area contributed by atoms with Crippen LogP contribution in [0, 0.1) is 6.92 Å². The number of H-pyrrole nitrogens is 1. The van der Waals surface area contributed by atoms with E-state index in [-0.39, 0.29) is 0 Å². The summed E-state index contributed by atoms with van der Waals surface area (Å²) in [6, 6.07) is 6.09. The van der Waals surface area contributed by atoms with Crippen LogP contribution in [-0.4, -0.2) is 30.8 Å². The molecule has 4 nitrogen and oxygen atoms in total. The summed E-state index contributed by atoms with van der Waals surface area (Å²) in [6.45, 7) is 2.91. The first-order valence-electron chi connectivity index (χ1n) is 6.26. The molecule has 102 valence electrons. The molecule has 3 N–H and O–H groups in total. The minimum absolute atomic E-state index is 0.676. The molecule has 0 aliphatic rings. The number of ether oxygens (including phenoxy) is 1. The van der Waals surface area contributed by atoms with Crippen LogP contribution in [0.4, 0.5) is 0 Å². The number of methoxy groups -OCH3 is 1. The van der Waals surface area contributed by atoms with Crippen LogP contribution in [0.2, 0.25) is 0 Å². The summed E-state index contributed by atoms with van der Waals surface area (Å²) in [4.78, 5) is 3.40. The number of nitrogens with one attached hydrogen (secondary N) is 3. The Kier molecular flexibility index (Phi) is 4.27. The molecule has 0 aliphatic carbocycles. The van der Waals surface area contributed by atoms with Gasteiger partial charge >= 0.3 is 0 Å². The van der Waals surface area contributed by atoms with E-state index in [9.17, 15) is 0 Å². The van der Waals surface area contributed by atoms with Crippen LogP contribution in [0.3, 0.4) is 0 Å². The smallest absolute Gasteiger partial charge is 0.166 e. The van der Waals surface area contributed by atoms with Crippen molar-refractivity contribution in [2.45, 2.75) is 13.3 Å². The minimum Gasteiger partial charge on any atom is -0.497 e. The maximum absolute atomic E-state index is 5.29. The second-order valence-electron chi connectivity index (χ2n) is 4.40. The average molecular weight is 277 g/mol. The van der Waals surface area contributed by atoms with Crippen LogP contribution < -0.4 is 15.4 Å². The summed E-state index contributed by atoms with van der Waals surface area (Å²) in [7, 11) is 3.50. The molecule has 0 fully saturated rings. The largest absolute Gasteiger partial charge is 0.497 e. The Morgan fingerprint density at radius 3 is 2.89 bits per heavy atom. The normalized spacial score (nSPS) is 10.5. The van der Waals surface area contributed by atoms with E-state index in [1.807, 2.05) is 13.1 Å². The van der Waals surface area contributed by atoms with E-state index in [1.54, 1.807) is 7.11 Å². The van der Waals surface area contributed by atoms with Gasteiger partial charge in [0.05, 0.1) is 7.11 Å². The molecule has 0 atom stereocenters. The monoisotopic (exact) mass is 277 g/mol. The molecule has 1 aromatic heterocycles. The van der Waals surface area contributed by atoms with Crippen LogP contribution in [0.25, 0.3) is 10.9 Å². The van der Waals surface area contributed by atoms with Crippen LogP contribution in [0.5, 0.6) is 5.75 Å².